The van der Waals surface area contributed by atoms with Gasteiger partial charge in [0.1, 0.15) is 6.61 Å². The van der Waals surface area contributed by atoms with Gasteiger partial charge in [-0.1, -0.05) is 6.07 Å². The van der Waals surface area contributed by atoms with Crippen molar-refractivity contribution in [2.75, 3.05) is 46.8 Å². The quantitative estimate of drug-likeness (QED) is 0.458. The number of methoxy groups -OCH3 is 1. The fourth-order valence-electron chi connectivity index (χ4n) is 1.44. The maximum absolute atomic E-state index is 13.4. The zero-order valence-electron chi connectivity index (χ0n) is 11.5. The topological polar surface area (TPSA) is 54.0 Å². The smallest absolute Gasteiger partial charge is 0.165 e. The molecule has 1 aromatic carbocycles. The number of para-hydroxylation sites is 1. The van der Waals surface area contributed by atoms with Gasteiger partial charge in [-0.15, -0.1) is 0 Å². The van der Waals surface area contributed by atoms with E-state index >= 15 is 0 Å². The predicted octanol–water partition coefficient (Wildman–Crippen LogP) is 1.70. The van der Waals surface area contributed by atoms with Crippen LogP contribution in [0.4, 0.5) is 4.39 Å². The number of ether oxygens (including phenoxy) is 4. The highest BCUT2D eigenvalue weighted by Crippen LogP contribution is 2.20. The molecule has 0 radical (unpaired) electrons. The Balaban J connectivity index is 2.14. The molecular formula is C14H19FO5. The van der Waals surface area contributed by atoms with Crippen LogP contribution in [0.25, 0.3) is 0 Å². The van der Waals surface area contributed by atoms with E-state index in [2.05, 4.69) is 0 Å². The van der Waals surface area contributed by atoms with E-state index in [1.165, 1.54) is 18.2 Å². The van der Waals surface area contributed by atoms with Gasteiger partial charge in [0.2, 0.25) is 0 Å². The number of hydrogen-bond acceptors (Lipinski definition) is 5. The molecule has 0 aliphatic rings. The molecule has 6 heteroatoms. The summed E-state index contributed by atoms with van der Waals surface area (Å²) in [6.07, 6.45) is 0.558. The summed E-state index contributed by atoms with van der Waals surface area (Å²) in [4.78, 5) is 10.7. The molecule has 0 aliphatic heterocycles. The summed E-state index contributed by atoms with van der Waals surface area (Å²) in [6, 6.07) is 4.20. The van der Waals surface area contributed by atoms with Crippen LogP contribution < -0.4 is 4.74 Å². The first-order chi connectivity index (χ1) is 9.79. The minimum atomic E-state index is -0.558. The van der Waals surface area contributed by atoms with Gasteiger partial charge in [-0.05, 0) is 12.1 Å². The normalized spacial score (nSPS) is 10.5. The second-order valence-electron chi connectivity index (χ2n) is 3.84. The highest BCUT2D eigenvalue weighted by Gasteiger charge is 2.08. The van der Waals surface area contributed by atoms with Crippen molar-refractivity contribution in [1.29, 1.82) is 0 Å². The Hall–Kier alpha value is -1.50. The van der Waals surface area contributed by atoms with Crippen LogP contribution in [0.3, 0.4) is 0 Å². The lowest BCUT2D eigenvalue weighted by atomic mass is 10.2. The molecular weight excluding hydrogens is 267 g/mol. The lowest BCUT2D eigenvalue weighted by molar-refractivity contribution is 0.0177. The first-order valence-electron chi connectivity index (χ1n) is 6.30. The van der Waals surface area contributed by atoms with Crippen LogP contribution in [0.2, 0.25) is 0 Å². The number of carbonyl (C=O) groups is 1. The number of rotatable bonds is 11. The standard InChI is InChI=1S/C14H19FO5/c1-17-5-6-18-7-8-19-9-10-20-14-12(11-16)3-2-4-13(14)15/h2-4,11H,5-10H2,1H3. The second kappa shape index (κ2) is 10.3. The Morgan fingerprint density at radius 3 is 2.35 bits per heavy atom. The van der Waals surface area contributed by atoms with Crippen molar-refractivity contribution in [1.82, 2.24) is 0 Å². The van der Waals surface area contributed by atoms with Crippen molar-refractivity contribution in [3.8, 4) is 5.75 Å². The van der Waals surface area contributed by atoms with Crippen molar-refractivity contribution in [3.05, 3.63) is 29.6 Å². The van der Waals surface area contributed by atoms with E-state index in [-0.39, 0.29) is 17.9 Å². The second-order valence-corrected chi connectivity index (χ2v) is 3.84. The van der Waals surface area contributed by atoms with Gasteiger partial charge in [-0.3, -0.25) is 4.79 Å². The Bertz CT molecular complexity index is 397. The van der Waals surface area contributed by atoms with Gasteiger partial charge < -0.3 is 18.9 Å². The monoisotopic (exact) mass is 286 g/mol. The number of benzene rings is 1. The molecule has 0 saturated carbocycles. The van der Waals surface area contributed by atoms with E-state index in [9.17, 15) is 9.18 Å². The highest BCUT2D eigenvalue weighted by atomic mass is 19.1. The molecule has 0 unspecified atom stereocenters. The Morgan fingerprint density at radius 2 is 1.70 bits per heavy atom. The molecule has 0 fully saturated rings. The van der Waals surface area contributed by atoms with E-state index in [1.807, 2.05) is 0 Å². The third-order valence-corrected chi connectivity index (χ3v) is 2.40. The number of halogens is 1. The van der Waals surface area contributed by atoms with Gasteiger partial charge in [0.15, 0.2) is 17.9 Å². The number of aldehydes is 1. The maximum atomic E-state index is 13.4. The van der Waals surface area contributed by atoms with Gasteiger partial charge in [-0.25, -0.2) is 4.39 Å². The van der Waals surface area contributed by atoms with Gasteiger partial charge in [-0.2, -0.15) is 0 Å². The summed E-state index contributed by atoms with van der Waals surface area (Å²) < 4.78 is 33.9. The molecule has 0 spiro atoms. The van der Waals surface area contributed by atoms with Crippen molar-refractivity contribution >= 4 is 6.29 Å². The SMILES string of the molecule is COCCOCCOCCOc1c(F)cccc1C=O. The third-order valence-electron chi connectivity index (χ3n) is 2.40. The number of hydrogen-bond donors (Lipinski definition) is 0. The van der Waals surface area contributed by atoms with Gasteiger partial charge in [0.05, 0.1) is 38.6 Å². The molecule has 0 aromatic heterocycles. The Kier molecular flexibility index (Phi) is 8.53. The molecule has 5 nitrogen and oxygen atoms in total. The summed E-state index contributed by atoms with van der Waals surface area (Å²) in [5.74, 6) is -0.597. The largest absolute Gasteiger partial charge is 0.487 e. The van der Waals surface area contributed by atoms with Crippen molar-refractivity contribution in [3.63, 3.8) is 0 Å². The van der Waals surface area contributed by atoms with Gasteiger partial charge >= 0.3 is 0 Å². The summed E-state index contributed by atoms with van der Waals surface area (Å²) in [6.45, 7) is 2.41. The molecule has 112 valence electrons. The van der Waals surface area contributed by atoms with Gasteiger partial charge in [0, 0.05) is 7.11 Å². The summed E-state index contributed by atoms with van der Waals surface area (Å²) in [5, 5.41) is 0. The molecule has 0 bridgehead atoms. The predicted molar refractivity (Wildman–Crippen MR) is 70.8 cm³/mol. The molecule has 1 aromatic rings. The van der Waals surface area contributed by atoms with Gasteiger partial charge in [0.25, 0.3) is 0 Å². The maximum Gasteiger partial charge on any atom is 0.165 e. The Labute approximate surface area is 117 Å². The van der Waals surface area contributed by atoms with E-state index in [0.29, 0.717) is 39.3 Å². The van der Waals surface area contributed by atoms with Crippen LogP contribution in [0, 0.1) is 5.82 Å². The fourth-order valence-corrected chi connectivity index (χ4v) is 1.44. The minimum absolute atomic E-state index is 0.0394. The molecule has 1 rings (SSSR count). The van der Waals surface area contributed by atoms with E-state index in [4.69, 9.17) is 18.9 Å². The number of carbonyl (C=O) groups excluding carboxylic acids is 1. The molecule has 0 N–H and O–H groups in total. The van der Waals surface area contributed by atoms with E-state index in [0.717, 1.165) is 0 Å². The minimum Gasteiger partial charge on any atom is -0.487 e. The van der Waals surface area contributed by atoms with Crippen molar-refractivity contribution in [2.45, 2.75) is 0 Å². The molecule has 0 amide bonds. The van der Waals surface area contributed by atoms with Crippen molar-refractivity contribution in [2.24, 2.45) is 0 Å². The third kappa shape index (κ3) is 6.10. The lowest BCUT2D eigenvalue weighted by Crippen LogP contribution is -2.13. The molecule has 0 saturated heterocycles. The molecule has 0 aliphatic carbocycles. The first-order valence-corrected chi connectivity index (χ1v) is 6.30. The first kappa shape index (κ1) is 16.6. The van der Waals surface area contributed by atoms with Crippen molar-refractivity contribution < 1.29 is 28.1 Å². The van der Waals surface area contributed by atoms with Crippen LogP contribution >= 0.6 is 0 Å². The highest BCUT2D eigenvalue weighted by molar-refractivity contribution is 5.79. The van der Waals surface area contributed by atoms with E-state index in [1.54, 1.807) is 7.11 Å². The van der Waals surface area contributed by atoms with Crippen LogP contribution in [-0.2, 0) is 14.2 Å². The van der Waals surface area contributed by atoms with E-state index < -0.39 is 5.82 Å². The van der Waals surface area contributed by atoms with Crippen LogP contribution in [0.5, 0.6) is 5.75 Å². The average Bonchev–Trinajstić information content (AvgIpc) is 2.46. The van der Waals surface area contributed by atoms with Crippen LogP contribution in [0.1, 0.15) is 10.4 Å². The van der Waals surface area contributed by atoms with Crippen LogP contribution in [-0.4, -0.2) is 53.0 Å². The molecule has 20 heavy (non-hydrogen) atoms. The van der Waals surface area contributed by atoms with Crippen LogP contribution in [0.15, 0.2) is 18.2 Å². The lowest BCUT2D eigenvalue weighted by Gasteiger charge is -2.10. The summed E-state index contributed by atoms with van der Waals surface area (Å²) >= 11 is 0. The fraction of sp³-hybridized carbons (Fsp3) is 0.500. The molecule has 0 heterocycles. The summed E-state index contributed by atoms with van der Waals surface area (Å²) in [7, 11) is 1.60. The Morgan fingerprint density at radius 1 is 1.05 bits per heavy atom. The zero-order chi connectivity index (χ0) is 14.6. The summed E-state index contributed by atoms with van der Waals surface area (Å²) in [5.41, 5.74) is 0.188. The average molecular weight is 286 g/mol. The zero-order valence-corrected chi connectivity index (χ0v) is 11.5. The molecule has 0 atom stereocenters.